The Bertz CT molecular complexity index is 354. The van der Waals surface area contributed by atoms with E-state index in [1.165, 1.54) is 0 Å². The predicted octanol–water partition coefficient (Wildman–Crippen LogP) is 1.10. The second-order valence-electron chi connectivity index (χ2n) is 4.37. The van der Waals surface area contributed by atoms with Crippen LogP contribution >= 0.6 is 0 Å². The van der Waals surface area contributed by atoms with Gasteiger partial charge in [-0.05, 0) is 25.8 Å². The number of nitrogens with one attached hydrogen (secondary N) is 1. The first-order valence-electron chi connectivity index (χ1n) is 6.31. The number of ether oxygens (including phenoxy) is 1. The van der Waals surface area contributed by atoms with E-state index in [1.54, 1.807) is 0 Å². The van der Waals surface area contributed by atoms with Gasteiger partial charge in [0.15, 0.2) is 0 Å². The lowest BCUT2D eigenvalue weighted by atomic mass is 10.1. The minimum Gasteiger partial charge on any atom is -0.380 e. The molecule has 1 amide bonds. The minimum absolute atomic E-state index is 0.0146. The molecule has 0 saturated carbocycles. The SMILES string of the molecule is CCOCC(C)NC(=O)C(N)Cc1ccccc1. The van der Waals surface area contributed by atoms with E-state index >= 15 is 0 Å². The Balaban J connectivity index is 2.37. The van der Waals surface area contributed by atoms with E-state index < -0.39 is 6.04 Å². The number of amides is 1. The molecule has 0 aromatic heterocycles. The summed E-state index contributed by atoms with van der Waals surface area (Å²) in [4.78, 5) is 11.8. The van der Waals surface area contributed by atoms with Gasteiger partial charge in [-0.3, -0.25) is 4.79 Å². The summed E-state index contributed by atoms with van der Waals surface area (Å²) in [6.45, 7) is 5.00. The van der Waals surface area contributed by atoms with E-state index in [9.17, 15) is 4.79 Å². The van der Waals surface area contributed by atoms with Gasteiger partial charge in [0.2, 0.25) is 5.91 Å². The molecule has 2 atom stereocenters. The molecule has 1 aromatic rings. The molecule has 4 nitrogen and oxygen atoms in total. The summed E-state index contributed by atoms with van der Waals surface area (Å²) in [6, 6.07) is 9.23. The Hall–Kier alpha value is -1.39. The topological polar surface area (TPSA) is 64.3 Å². The monoisotopic (exact) mass is 250 g/mol. The van der Waals surface area contributed by atoms with Crippen molar-refractivity contribution in [3.8, 4) is 0 Å². The van der Waals surface area contributed by atoms with Crippen molar-refractivity contribution in [2.45, 2.75) is 32.4 Å². The molecule has 0 radical (unpaired) electrons. The molecule has 0 aliphatic carbocycles. The van der Waals surface area contributed by atoms with Gasteiger partial charge in [-0.15, -0.1) is 0 Å². The van der Waals surface area contributed by atoms with Crippen LogP contribution in [0.5, 0.6) is 0 Å². The van der Waals surface area contributed by atoms with E-state index in [0.717, 1.165) is 5.56 Å². The van der Waals surface area contributed by atoms with Crippen molar-refractivity contribution in [2.24, 2.45) is 5.73 Å². The van der Waals surface area contributed by atoms with Gasteiger partial charge in [0.25, 0.3) is 0 Å². The van der Waals surface area contributed by atoms with Gasteiger partial charge < -0.3 is 15.8 Å². The van der Waals surface area contributed by atoms with Crippen molar-refractivity contribution in [1.82, 2.24) is 5.32 Å². The Kier molecular flexibility index (Phi) is 6.39. The highest BCUT2D eigenvalue weighted by Gasteiger charge is 2.15. The van der Waals surface area contributed by atoms with Crippen LogP contribution in [0.4, 0.5) is 0 Å². The first-order chi connectivity index (χ1) is 8.63. The number of hydrogen-bond acceptors (Lipinski definition) is 3. The van der Waals surface area contributed by atoms with Gasteiger partial charge in [-0.2, -0.15) is 0 Å². The molecule has 0 heterocycles. The van der Waals surface area contributed by atoms with Crippen molar-refractivity contribution in [2.75, 3.05) is 13.2 Å². The number of rotatable bonds is 7. The van der Waals surface area contributed by atoms with Crippen LogP contribution in [0.15, 0.2) is 30.3 Å². The summed E-state index contributed by atoms with van der Waals surface area (Å²) in [6.07, 6.45) is 0.550. The maximum atomic E-state index is 11.8. The third kappa shape index (κ3) is 5.29. The lowest BCUT2D eigenvalue weighted by Crippen LogP contribution is -2.46. The van der Waals surface area contributed by atoms with Crippen molar-refractivity contribution in [1.29, 1.82) is 0 Å². The lowest BCUT2D eigenvalue weighted by Gasteiger charge is -2.17. The number of nitrogens with two attached hydrogens (primary N) is 1. The molecule has 0 aliphatic rings. The van der Waals surface area contributed by atoms with Crippen molar-refractivity contribution in [3.05, 3.63) is 35.9 Å². The average Bonchev–Trinajstić information content (AvgIpc) is 2.37. The van der Waals surface area contributed by atoms with Crippen LogP contribution < -0.4 is 11.1 Å². The Morgan fingerprint density at radius 2 is 2.06 bits per heavy atom. The Labute approximate surface area is 109 Å². The first-order valence-corrected chi connectivity index (χ1v) is 6.31. The molecule has 1 rings (SSSR count). The van der Waals surface area contributed by atoms with Crippen molar-refractivity contribution in [3.63, 3.8) is 0 Å². The normalized spacial score (nSPS) is 13.9. The fourth-order valence-corrected chi connectivity index (χ4v) is 1.65. The quantitative estimate of drug-likeness (QED) is 0.761. The molecule has 0 spiro atoms. The Morgan fingerprint density at radius 1 is 1.39 bits per heavy atom. The van der Waals surface area contributed by atoms with E-state index in [4.69, 9.17) is 10.5 Å². The number of hydrogen-bond donors (Lipinski definition) is 2. The molecule has 0 fully saturated rings. The molecule has 2 unspecified atom stereocenters. The molecule has 4 heteroatoms. The van der Waals surface area contributed by atoms with Crippen LogP contribution in [0.3, 0.4) is 0 Å². The van der Waals surface area contributed by atoms with E-state index in [2.05, 4.69) is 5.32 Å². The third-order valence-corrected chi connectivity index (χ3v) is 2.60. The van der Waals surface area contributed by atoms with Crippen molar-refractivity contribution < 1.29 is 9.53 Å². The third-order valence-electron chi connectivity index (χ3n) is 2.60. The van der Waals surface area contributed by atoms with Crippen LogP contribution in [-0.2, 0) is 16.0 Å². The van der Waals surface area contributed by atoms with Gasteiger partial charge in [-0.1, -0.05) is 30.3 Å². The number of carbonyl (C=O) groups excluding carboxylic acids is 1. The smallest absolute Gasteiger partial charge is 0.237 e. The fraction of sp³-hybridized carbons (Fsp3) is 0.500. The van der Waals surface area contributed by atoms with Gasteiger partial charge in [0.1, 0.15) is 0 Å². The second-order valence-corrected chi connectivity index (χ2v) is 4.37. The van der Waals surface area contributed by atoms with E-state index in [1.807, 2.05) is 44.2 Å². The summed E-state index contributed by atoms with van der Waals surface area (Å²) in [5, 5.41) is 2.85. The van der Waals surface area contributed by atoms with Crippen LogP contribution in [0.2, 0.25) is 0 Å². The highest BCUT2D eigenvalue weighted by Crippen LogP contribution is 2.02. The number of carbonyl (C=O) groups is 1. The maximum Gasteiger partial charge on any atom is 0.237 e. The highest BCUT2D eigenvalue weighted by atomic mass is 16.5. The molecule has 18 heavy (non-hydrogen) atoms. The fourth-order valence-electron chi connectivity index (χ4n) is 1.65. The standard InChI is InChI=1S/C14H22N2O2/c1-3-18-10-11(2)16-14(17)13(15)9-12-7-5-4-6-8-12/h4-8,11,13H,3,9-10,15H2,1-2H3,(H,16,17). The molecule has 0 bridgehead atoms. The summed E-state index contributed by atoms with van der Waals surface area (Å²) in [5.41, 5.74) is 6.94. The molecule has 0 saturated heterocycles. The zero-order chi connectivity index (χ0) is 13.4. The molecular formula is C14H22N2O2. The van der Waals surface area contributed by atoms with Gasteiger partial charge >= 0.3 is 0 Å². The van der Waals surface area contributed by atoms with E-state index in [-0.39, 0.29) is 11.9 Å². The molecular weight excluding hydrogens is 228 g/mol. The van der Waals surface area contributed by atoms with Crippen LogP contribution in [-0.4, -0.2) is 31.2 Å². The van der Waals surface area contributed by atoms with Gasteiger partial charge in [-0.25, -0.2) is 0 Å². The molecule has 3 N–H and O–H groups in total. The Morgan fingerprint density at radius 3 is 2.67 bits per heavy atom. The molecule has 100 valence electrons. The largest absolute Gasteiger partial charge is 0.380 e. The van der Waals surface area contributed by atoms with Gasteiger partial charge in [0.05, 0.1) is 12.6 Å². The van der Waals surface area contributed by atoms with Crippen LogP contribution in [0.1, 0.15) is 19.4 Å². The summed E-state index contributed by atoms with van der Waals surface area (Å²) < 4.78 is 5.24. The summed E-state index contributed by atoms with van der Waals surface area (Å²) in [7, 11) is 0. The average molecular weight is 250 g/mol. The zero-order valence-corrected chi connectivity index (χ0v) is 11.1. The second kappa shape index (κ2) is 7.84. The zero-order valence-electron chi connectivity index (χ0n) is 11.1. The minimum atomic E-state index is -0.517. The first kappa shape index (κ1) is 14.7. The van der Waals surface area contributed by atoms with E-state index in [0.29, 0.717) is 19.6 Å². The van der Waals surface area contributed by atoms with Crippen molar-refractivity contribution >= 4 is 5.91 Å². The summed E-state index contributed by atoms with van der Waals surface area (Å²) >= 11 is 0. The van der Waals surface area contributed by atoms with Crippen LogP contribution in [0, 0.1) is 0 Å². The molecule has 1 aromatic carbocycles. The molecule has 0 aliphatic heterocycles. The maximum absolute atomic E-state index is 11.8. The predicted molar refractivity (Wildman–Crippen MR) is 72.2 cm³/mol. The van der Waals surface area contributed by atoms with Crippen LogP contribution in [0.25, 0.3) is 0 Å². The lowest BCUT2D eigenvalue weighted by molar-refractivity contribution is -0.123. The van der Waals surface area contributed by atoms with Gasteiger partial charge in [0, 0.05) is 12.6 Å². The summed E-state index contributed by atoms with van der Waals surface area (Å²) in [5.74, 6) is -0.133. The number of benzene rings is 1. The highest BCUT2D eigenvalue weighted by molar-refractivity contribution is 5.82.